The van der Waals surface area contributed by atoms with Crippen LogP contribution in [0, 0.1) is 13.8 Å². The van der Waals surface area contributed by atoms with Crippen molar-refractivity contribution < 1.29 is 17.6 Å². The van der Waals surface area contributed by atoms with Crippen molar-refractivity contribution in [2.45, 2.75) is 39.4 Å². The van der Waals surface area contributed by atoms with Crippen LogP contribution in [0.5, 0.6) is 0 Å². The minimum Gasteiger partial charge on any atom is -0.468 e. The van der Waals surface area contributed by atoms with Crippen LogP contribution in [-0.4, -0.2) is 41.7 Å². The molecule has 2 aromatic heterocycles. The number of carbonyl (C=O) groups excluding carboxylic acids is 1. The average molecular weight is 441 g/mol. The highest BCUT2D eigenvalue weighted by Crippen LogP contribution is 2.29. The van der Waals surface area contributed by atoms with Gasteiger partial charge >= 0.3 is 0 Å². The standard InChI is InChI=1S/C24H28N2O4S/c1-18-13-23(19(2)26(18)21-10-12-31(28,29)17-21)24(27)16-25(15-22-9-6-11-30-22)14-20-7-4-3-5-8-20/h3-9,11,13,21H,10,12,14-17H2,1-2H3. The zero-order valence-electron chi connectivity index (χ0n) is 18.0. The molecule has 1 aliphatic rings. The van der Waals surface area contributed by atoms with Gasteiger partial charge in [-0.2, -0.15) is 0 Å². The molecule has 1 aromatic carbocycles. The Bertz CT molecular complexity index is 1150. The second kappa shape index (κ2) is 8.85. The first kappa shape index (κ1) is 21.6. The van der Waals surface area contributed by atoms with Gasteiger partial charge in [0.25, 0.3) is 0 Å². The lowest BCUT2D eigenvalue weighted by molar-refractivity contribution is 0.0914. The first-order valence-electron chi connectivity index (χ1n) is 10.5. The fraction of sp³-hybridized carbons (Fsp3) is 0.375. The highest BCUT2D eigenvalue weighted by Gasteiger charge is 2.31. The molecular weight excluding hydrogens is 412 g/mol. The Labute approximate surface area is 183 Å². The molecule has 7 heteroatoms. The Morgan fingerprint density at radius 2 is 1.90 bits per heavy atom. The highest BCUT2D eigenvalue weighted by molar-refractivity contribution is 7.91. The van der Waals surface area contributed by atoms with Crippen molar-refractivity contribution in [3.8, 4) is 0 Å². The number of furan rings is 1. The van der Waals surface area contributed by atoms with Crippen LogP contribution in [0.3, 0.4) is 0 Å². The third-order valence-corrected chi connectivity index (χ3v) is 7.68. The number of carbonyl (C=O) groups is 1. The predicted octanol–water partition coefficient (Wildman–Crippen LogP) is 3.94. The molecule has 3 aromatic rings. The van der Waals surface area contributed by atoms with E-state index in [0.717, 1.165) is 22.7 Å². The number of hydrogen-bond acceptors (Lipinski definition) is 5. The van der Waals surface area contributed by atoms with Gasteiger partial charge in [-0.05, 0) is 44.0 Å². The molecule has 0 N–H and O–H groups in total. The predicted molar refractivity (Wildman–Crippen MR) is 120 cm³/mol. The molecule has 1 aliphatic heterocycles. The Hall–Kier alpha value is -2.64. The van der Waals surface area contributed by atoms with E-state index in [-0.39, 0.29) is 29.9 Å². The van der Waals surface area contributed by atoms with Crippen molar-refractivity contribution in [2.75, 3.05) is 18.1 Å². The van der Waals surface area contributed by atoms with Crippen LogP contribution in [0.1, 0.15) is 45.5 Å². The summed E-state index contributed by atoms with van der Waals surface area (Å²) < 4.78 is 31.4. The van der Waals surface area contributed by atoms with E-state index in [0.29, 0.717) is 25.1 Å². The number of sulfone groups is 1. The van der Waals surface area contributed by atoms with Gasteiger partial charge in [0.2, 0.25) is 0 Å². The normalized spacial score (nSPS) is 18.0. The number of hydrogen-bond donors (Lipinski definition) is 0. The van der Waals surface area contributed by atoms with Gasteiger partial charge in [0, 0.05) is 29.5 Å². The van der Waals surface area contributed by atoms with Gasteiger partial charge in [0.05, 0.1) is 30.9 Å². The number of Topliss-reactive ketones (excluding diaryl/α,β-unsaturated/α-hetero) is 1. The van der Waals surface area contributed by atoms with Crippen molar-refractivity contribution in [3.05, 3.63) is 83.1 Å². The van der Waals surface area contributed by atoms with Crippen LogP contribution in [0.25, 0.3) is 0 Å². The molecule has 0 bridgehead atoms. The zero-order chi connectivity index (χ0) is 22.0. The van der Waals surface area contributed by atoms with E-state index in [1.165, 1.54) is 0 Å². The quantitative estimate of drug-likeness (QED) is 0.496. The van der Waals surface area contributed by atoms with Crippen molar-refractivity contribution >= 4 is 15.6 Å². The Balaban J connectivity index is 1.55. The lowest BCUT2D eigenvalue weighted by Crippen LogP contribution is -2.29. The second-order valence-corrected chi connectivity index (χ2v) is 10.6. The van der Waals surface area contributed by atoms with Crippen molar-refractivity contribution in [1.82, 2.24) is 9.47 Å². The van der Waals surface area contributed by atoms with Crippen molar-refractivity contribution in [1.29, 1.82) is 0 Å². The lowest BCUT2D eigenvalue weighted by atomic mass is 10.1. The number of aromatic nitrogens is 1. The zero-order valence-corrected chi connectivity index (χ0v) is 18.8. The smallest absolute Gasteiger partial charge is 0.178 e. The first-order valence-corrected chi connectivity index (χ1v) is 12.4. The second-order valence-electron chi connectivity index (χ2n) is 8.34. The first-order chi connectivity index (χ1) is 14.8. The highest BCUT2D eigenvalue weighted by atomic mass is 32.2. The third-order valence-electron chi connectivity index (χ3n) is 5.93. The molecule has 164 valence electrons. The van der Waals surface area contributed by atoms with Gasteiger partial charge in [-0.15, -0.1) is 0 Å². The number of rotatable bonds is 8. The van der Waals surface area contributed by atoms with E-state index in [9.17, 15) is 13.2 Å². The summed E-state index contributed by atoms with van der Waals surface area (Å²) in [6.45, 7) is 5.28. The Morgan fingerprint density at radius 1 is 1.13 bits per heavy atom. The number of nitrogens with zero attached hydrogens (tertiary/aromatic N) is 2. The van der Waals surface area contributed by atoms with E-state index in [4.69, 9.17) is 4.42 Å². The van der Waals surface area contributed by atoms with Gasteiger partial charge in [-0.3, -0.25) is 9.69 Å². The maximum Gasteiger partial charge on any atom is 0.178 e. The van der Waals surface area contributed by atoms with E-state index in [1.54, 1.807) is 6.26 Å². The topological polar surface area (TPSA) is 72.5 Å². The summed E-state index contributed by atoms with van der Waals surface area (Å²) in [6.07, 6.45) is 2.24. The fourth-order valence-corrected chi connectivity index (χ4v) is 6.22. The molecule has 0 amide bonds. The molecular formula is C24H28N2O4S. The van der Waals surface area contributed by atoms with Crippen molar-refractivity contribution in [2.24, 2.45) is 0 Å². The largest absolute Gasteiger partial charge is 0.468 e. The van der Waals surface area contributed by atoms with Crippen LogP contribution in [0.2, 0.25) is 0 Å². The summed E-state index contributed by atoms with van der Waals surface area (Å²) >= 11 is 0. The minimum absolute atomic E-state index is 0.0303. The molecule has 31 heavy (non-hydrogen) atoms. The molecule has 1 atom stereocenters. The average Bonchev–Trinajstić information content (AvgIpc) is 3.42. The van der Waals surface area contributed by atoms with E-state index in [2.05, 4.69) is 4.90 Å². The number of aryl methyl sites for hydroxylation is 1. The molecule has 3 heterocycles. The summed E-state index contributed by atoms with van der Waals surface area (Å²) in [7, 11) is -3.00. The van der Waals surface area contributed by atoms with Crippen molar-refractivity contribution in [3.63, 3.8) is 0 Å². The SMILES string of the molecule is Cc1cc(C(=O)CN(Cc2ccccc2)Cc2ccco2)c(C)n1C1CCS(=O)(=O)C1. The summed E-state index contributed by atoms with van der Waals surface area (Å²) in [5.74, 6) is 1.20. The molecule has 0 saturated carbocycles. The van der Waals surface area contributed by atoms with Crippen LogP contribution in [0.15, 0.2) is 59.2 Å². The summed E-state index contributed by atoms with van der Waals surface area (Å²) in [5.41, 5.74) is 3.58. The number of ketones is 1. The summed E-state index contributed by atoms with van der Waals surface area (Å²) in [6, 6.07) is 15.6. The Kier molecular flexibility index (Phi) is 6.16. The van der Waals surface area contributed by atoms with E-state index in [1.807, 2.05) is 66.9 Å². The maximum atomic E-state index is 13.3. The van der Waals surface area contributed by atoms with Gasteiger partial charge in [0.1, 0.15) is 5.76 Å². The monoisotopic (exact) mass is 440 g/mol. The van der Waals surface area contributed by atoms with Gasteiger partial charge in [0.15, 0.2) is 15.6 Å². The van der Waals surface area contributed by atoms with Crippen LogP contribution in [-0.2, 0) is 22.9 Å². The van der Waals surface area contributed by atoms with E-state index < -0.39 is 9.84 Å². The molecule has 1 unspecified atom stereocenters. The molecule has 4 rings (SSSR count). The fourth-order valence-electron chi connectivity index (χ4n) is 4.52. The van der Waals surface area contributed by atoms with Gasteiger partial charge < -0.3 is 8.98 Å². The minimum atomic E-state index is -3.00. The maximum absolute atomic E-state index is 13.3. The van der Waals surface area contributed by atoms with E-state index >= 15 is 0 Å². The van der Waals surface area contributed by atoms with Crippen LogP contribution in [0.4, 0.5) is 0 Å². The lowest BCUT2D eigenvalue weighted by Gasteiger charge is -2.21. The molecule has 1 saturated heterocycles. The van der Waals surface area contributed by atoms with Crippen LogP contribution < -0.4 is 0 Å². The Morgan fingerprint density at radius 3 is 2.55 bits per heavy atom. The molecule has 0 radical (unpaired) electrons. The molecule has 6 nitrogen and oxygen atoms in total. The molecule has 0 spiro atoms. The number of benzene rings is 1. The summed E-state index contributed by atoms with van der Waals surface area (Å²) in [4.78, 5) is 15.4. The van der Waals surface area contributed by atoms with Crippen LogP contribution >= 0.6 is 0 Å². The third kappa shape index (κ3) is 4.99. The van der Waals surface area contributed by atoms with Gasteiger partial charge in [-0.1, -0.05) is 30.3 Å². The summed E-state index contributed by atoms with van der Waals surface area (Å²) in [5, 5.41) is 0. The molecule has 1 fully saturated rings. The van der Waals surface area contributed by atoms with Gasteiger partial charge in [-0.25, -0.2) is 8.42 Å². The molecule has 0 aliphatic carbocycles.